The van der Waals surface area contributed by atoms with E-state index in [4.69, 9.17) is 14.2 Å². The second-order valence-electron chi connectivity index (χ2n) is 11.3. The molecule has 5 heterocycles. The van der Waals surface area contributed by atoms with E-state index in [0.29, 0.717) is 36.2 Å². The highest BCUT2D eigenvalue weighted by Gasteiger charge is 2.34. The standard InChI is InChI=1S/C29H38FN5O2/c1-20-5-3-6-21(2)35(20)17-24-7-4-8-28(31-24)36-19-22-9-11-25-18-34(14-13-33(25)16-22)29-26-15-23(30)10-12-27(26)37-32-29/h4,7-8,10,12,15,20-22,25H,3,5-6,9,11,13-14,16-19H2,1-2H3. The summed E-state index contributed by atoms with van der Waals surface area (Å²) in [4.78, 5) is 12.3. The van der Waals surface area contributed by atoms with E-state index in [9.17, 15) is 4.39 Å². The van der Waals surface area contributed by atoms with Gasteiger partial charge in [0.2, 0.25) is 5.88 Å². The van der Waals surface area contributed by atoms with Gasteiger partial charge in [-0.15, -0.1) is 0 Å². The number of piperidine rings is 2. The molecular weight excluding hydrogens is 469 g/mol. The number of fused-ring (bicyclic) bond motifs is 2. The molecule has 8 heteroatoms. The van der Waals surface area contributed by atoms with E-state index in [1.54, 1.807) is 6.07 Å². The lowest BCUT2D eigenvalue weighted by molar-refractivity contribution is 0.0712. The molecule has 2 aromatic heterocycles. The van der Waals surface area contributed by atoms with Gasteiger partial charge in [-0.25, -0.2) is 9.37 Å². The number of halogens is 1. The SMILES string of the molecule is CC1CCCC(C)N1Cc1cccc(OCC2CCC3CN(c4noc5ccc(F)cc45)CCN3C2)n1. The van der Waals surface area contributed by atoms with Crippen LogP contribution in [0.2, 0.25) is 0 Å². The number of hydrogen-bond donors (Lipinski definition) is 0. The largest absolute Gasteiger partial charge is 0.477 e. The summed E-state index contributed by atoms with van der Waals surface area (Å²) < 4.78 is 25.5. The number of aromatic nitrogens is 2. The van der Waals surface area contributed by atoms with Gasteiger partial charge < -0.3 is 14.2 Å². The van der Waals surface area contributed by atoms with Crippen molar-refractivity contribution in [2.45, 2.75) is 70.6 Å². The van der Waals surface area contributed by atoms with E-state index in [-0.39, 0.29) is 5.82 Å². The molecule has 0 N–H and O–H groups in total. The normalized spacial score (nSPS) is 27.4. The zero-order chi connectivity index (χ0) is 25.4. The fourth-order valence-corrected chi connectivity index (χ4v) is 6.52. The van der Waals surface area contributed by atoms with Crippen LogP contribution in [0.5, 0.6) is 5.88 Å². The summed E-state index contributed by atoms with van der Waals surface area (Å²) in [6, 6.07) is 12.5. The summed E-state index contributed by atoms with van der Waals surface area (Å²) in [6.07, 6.45) is 6.11. The summed E-state index contributed by atoms with van der Waals surface area (Å²) in [5, 5.41) is 5.02. The Hall–Kier alpha value is -2.71. The Kier molecular flexibility index (Phi) is 7.04. The summed E-state index contributed by atoms with van der Waals surface area (Å²) in [5.74, 6) is 1.75. The van der Waals surface area contributed by atoms with Crippen LogP contribution in [0, 0.1) is 11.7 Å². The van der Waals surface area contributed by atoms with Gasteiger partial charge >= 0.3 is 0 Å². The zero-order valence-electron chi connectivity index (χ0n) is 22.0. The van der Waals surface area contributed by atoms with Crippen molar-refractivity contribution in [2.24, 2.45) is 5.92 Å². The van der Waals surface area contributed by atoms with Crippen molar-refractivity contribution in [3.05, 3.63) is 47.9 Å². The number of hydrogen-bond acceptors (Lipinski definition) is 7. The second-order valence-corrected chi connectivity index (χ2v) is 11.3. The highest BCUT2D eigenvalue weighted by Crippen LogP contribution is 2.32. The zero-order valence-corrected chi connectivity index (χ0v) is 22.0. The van der Waals surface area contributed by atoms with Crippen molar-refractivity contribution >= 4 is 16.8 Å². The Morgan fingerprint density at radius 2 is 1.89 bits per heavy atom. The number of ether oxygens (including phenoxy) is 1. The molecule has 1 aromatic carbocycles. The Labute approximate surface area is 218 Å². The molecule has 4 unspecified atom stereocenters. The maximum atomic E-state index is 13.8. The lowest BCUT2D eigenvalue weighted by atomic mass is 9.91. The van der Waals surface area contributed by atoms with E-state index in [1.807, 2.05) is 6.07 Å². The Morgan fingerprint density at radius 3 is 2.76 bits per heavy atom. The molecule has 0 amide bonds. The smallest absolute Gasteiger partial charge is 0.213 e. The Morgan fingerprint density at radius 1 is 1.03 bits per heavy atom. The minimum absolute atomic E-state index is 0.258. The molecule has 0 saturated carbocycles. The molecule has 6 rings (SSSR count). The minimum Gasteiger partial charge on any atom is -0.477 e. The fourth-order valence-electron chi connectivity index (χ4n) is 6.52. The van der Waals surface area contributed by atoms with Crippen LogP contribution < -0.4 is 9.64 Å². The number of pyridine rings is 1. The third kappa shape index (κ3) is 5.32. The highest BCUT2D eigenvalue weighted by molar-refractivity contribution is 5.88. The number of rotatable bonds is 6. The monoisotopic (exact) mass is 507 g/mol. The lowest BCUT2D eigenvalue weighted by Gasteiger charge is -2.46. The van der Waals surface area contributed by atoms with Crippen molar-refractivity contribution in [2.75, 3.05) is 37.7 Å². The first-order valence-electron chi connectivity index (χ1n) is 13.9. The molecule has 37 heavy (non-hydrogen) atoms. The minimum atomic E-state index is -0.258. The predicted octanol–water partition coefficient (Wildman–Crippen LogP) is 5.10. The van der Waals surface area contributed by atoms with E-state index in [2.05, 4.69) is 45.8 Å². The van der Waals surface area contributed by atoms with Gasteiger partial charge in [-0.05, 0) is 63.8 Å². The third-order valence-electron chi connectivity index (χ3n) is 8.69. The highest BCUT2D eigenvalue weighted by atomic mass is 19.1. The molecule has 0 bridgehead atoms. The van der Waals surface area contributed by atoms with Gasteiger partial charge in [-0.3, -0.25) is 9.80 Å². The fraction of sp³-hybridized carbons (Fsp3) is 0.586. The molecule has 3 saturated heterocycles. The molecule has 3 aromatic rings. The van der Waals surface area contributed by atoms with Crippen LogP contribution in [0.25, 0.3) is 11.0 Å². The maximum Gasteiger partial charge on any atom is 0.213 e. The summed E-state index contributed by atoms with van der Waals surface area (Å²) in [7, 11) is 0. The van der Waals surface area contributed by atoms with Gasteiger partial charge in [-0.2, -0.15) is 0 Å². The Balaban J connectivity index is 1.02. The topological polar surface area (TPSA) is 57.9 Å². The van der Waals surface area contributed by atoms with Crippen LogP contribution >= 0.6 is 0 Å². The van der Waals surface area contributed by atoms with Crippen molar-refractivity contribution in [3.8, 4) is 5.88 Å². The van der Waals surface area contributed by atoms with Gasteiger partial charge in [-0.1, -0.05) is 17.6 Å². The van der Waals surface area contributed by atoms with E-state index < -0.39 is 0 Å². The lowest BCUT2D eigenvalue weighted by Crippen LogP contribution is -2.57. The molecule has 0 aliphatic carbocycles. The first-order valence-corrected chi connectivity index (χ1v) is 13.9. The van der Waals surface area contributed by atoms with Crippen molar-refractivity contribution in [3.63, 3.8) is 0 Å². The first-order chi connectivity index (χ1) is 18.0. The van der Waals surface area contributed by atoms with E-state index in [0.717, 1.165) is 68.3 Å². The maximum absolute atomic E-state index is 13.8. The van der Waals surface area contributed by atoms with E-state index in [1.165, 1.54) is 31.4 Å². The molecule has 3 aliphatic heterocycles. The number of benzene rings is 1. The average molecular weight is 508 g/mol. The van der Waals surface area contributed by atoms with Gasteiger partial charge in [0.15, 0.2) is 11.4 Å². The molecular formula is C29H38FN5O2. The average Bonchev–Trinajstić information content (AvgIpc) is 3.32. The molecule has 3 aliphatic rings. The van der Waals surface area contributed by atoms with Crippen molar-refractivity contribution in [1.82, 2.24) is 19.9 Å². The van der Waals surface area contributed by atoms with Crippen molar-refractivity contribution < 1.29 is 13.7 Å². The van der Waals surface area contributed by atoms with Crippen LogP contribution in [-0.2, 0) is 6.54 Å². The van der Waals surface area contributed by atoms with Crippen LogP contribution in [0.1, 0.15) is 51.6 Å². The van der Waals surface area contributed by atoms with Gasteiger partial charge in [0.25, 0.3) is 0 Å². The van der Waals surface area contributed by atoms with Crippen molar-refractivity contribution in [1.29, 1.82) is 0 Å². The van der Waals surface area contributed by atoms with Crippen LogP contribution in [0.4, 0.5) is 10.2 Å². The molecule has 3 fully saturated rings. The second kappa shape index (κ2) is 10.6. The molecule has 7 nitrogen and oxygen atoms in total. The molecule has 0 radical (unpaired) electrons. The van der Waals surface area contributed by atoms with Gasteiger partial charge in [0.1, 0.15) is 5.82 Å². The summed E-state index contributed by atoms with van der Waals surface area (Å²) in [6.45, 7) is 10.0. The van der Waals surface area contributed by atoms with Gasteiger partial charge in [0, 0.05) is 62.8 Å². The van der Waals surface area contributed by atoms with Crippen LogP contribution in [0.3, 0.4) is 0 Å². The first kappa shape index (κ1) is 24.6. The van der Waals surface area contributed by atoms with Crippen LogP contribution in [0.15, 0.2) is 40.9 Å². The number of likely N-dealkylation sites (tertiary alicyclic amines) is 1. The molecule has 4 atom stereocenters. The molecule has 0 spiro atoms. The molecule has 198 valence electrons. The number of nitrogens with zero attached hydrogens (tertiary/aromatic N) is 5. The summed E-state index contributed by atoms with van der Waals surface area (Å²) >= 11 is 0. The third-order valence-corrected chi connectivity index (χ3v) is 8.69. The van der Waals surface area contributed by atoms with Gasteiger partial charge in [0.05, 0.1) is 17.7 Å². The van der Waals surface area contributed by atoms with E-state index >= 15 is 0 Å². The quantitative estimate of drug-likeness (QED) is 0.460. The summed E-state index contributed by atoms with van der Waals surface area (Å²) in [5.41, 5.74) is 1.73. The predicted molar refractivity (Wildman–Crippen MR) is 142 cm³/mol. The number of anilines is 1. The Bertz CT molecular complexity index is 1210. The van der Waals surface area contributed by atoms with Crippen LogP contribution in [-0.4, -0.2) is 70.9 Å². The number of piperazine rings is 1.